The summed E-state index contributed by atoms with van der Waals surface area (Å²) in [5, 5.41) is 16.1. The average molecular weight is 321 g/mol. The molecular formula is C10H17BrN4OS. The zero-order chi connectivity index (χ0) is 12.9. The van der Waals surface area contributed by atoms with E-state index in [1.807, 2.05) is 6.26 Å². The molecule has 0 spiro atoms. The highest BCUT2D eigenvalue weighted by molar-refractivity contribution is 9.10. The Kier molecular flexibility index (Phi) is 5.48. The van der Waals surface area contributed by atoms with Gasteiger partial charge in [0.05, 0.1) is 5.60 Å². The number of anilines is 2. The van der Waals surface area contributed by atoms with Gasteiger partial charge in [-0.1, -0.05) is 0 Å². The van der Waals surface area contributed by atoms with Gasteiger partial charge in [0.15, 0.2) is 0 Å². The van der Waals surface area contributed by atoms with E-state index >= 15 is 0 Å². The highest BCUT2D eigenvalue weighted by Gasteiger charge is 2.20. The first-order valence-corrected chi connectivity index (χ1v) is 7.32. The Labute approximate surface area is 114 Å². The van der Waals surface area contributed by atoms with E-state index < -0.39 is 5.60 Å². The lowest BCUT2D eigenvalue weighted by Gasteiger charge is -2.23. The summed E-state index contributed by atoms with van der Waals surface area (Å²) in [7, 11) is 1.79. The van der Waals surface area contributed by atoms with Gasteiger partial charge in [-0.3, -0.25) is 0 Å². The molecule has 0 fully saturated rings. The number of aliphatic hydroxyl groups is 1. The maximum Gasteiger partial charge on any atom is 0.146 e. The predicted octanol–water partition coefficient (Wildman–Crippen LogP) is 1.81. The minimum absolute atomic E-state index is 0.437. The summed E-state index contributed by atoms with van der Waals surface area (Å²) in [4.78, 5) is 8.19. The molecule has 17 heavy (non-hydrogen) atoms. The van der Waals surface area contributed by atoms with Crippen LogP contribution in [0.25, 0.3) is 0 Å². The van der Waals surface area contributed by atoms with E-state index in [1.54, 1.807) is 25.7 Å². The Bertz CT molecular complexity index is 375. The predicted molar refractivity (Wildman–Crippen MR) is 76.8 cm³/mol. The van der Waals surface area contributed by atoms with Crippen molar-refractivity contribution in [1.29, 1.82) is 0 Å². The third kappa shape index (κ3) is 4.33. The number of aromatic nitrogens is 2. The first-order chi connectivity index (χ1) is 8.00. The van der Waals surface area contributed by atoms with Gasteiger partial charge in [-0.05, 0) is 29.1 Å². The number of nitrogens with one attached hydrogen (secondary N) is 2. The van der Waals surface area contributed by atoms with Crippen LogP contribution in [0.5, 0.6) is 0 Å². The van der Waals surface area contributed by atoms with Crippen molar-refractivity contribution in [3.05, 3.63) is 10.8 Å². The van der Waals surface area contributed by atoms with Crippen molar-refractivity contribution in [3.8, 4) is 0 Å². The second-order valence-electron chi connectivity index (χ2n) is 3.92. The van der Waals surface area contributed by atoms with Gasteiger partial charge in [-0.15, -0.1) is 0 Å². The second-order valence-corrected chi connectivity index (χ2v) is 5.58. The molecule has 96 valence electrons. The molecule has 3 N–H and O–H groups in total. The summed E-state index contributed by atoms with van der Waals surface area (Å²) in [5.74, 6) is 2.06. The van der Waals surface area contributed by atoms with Gasteiger partial charge < -0.3 is 15.7 Å². The van der Waals surface area contributed by atoms with Gasteiger partial charge in [0.25, 0.3) is 0 Å². The summed E-state index contributed by atoms with van der Waals surface area (Å²) in [6.45, 7) is 2.23. The second kappa shape index (κ2) is 6.42. The zero-order valence-electron chi connectivity index (χ0n) is 10.1. The first-order valence-electron chi connectivity index (χ1n) is 5.13. The lowest BCUT2D eigenvalue weighted by atomic mass is 10.1. The molecule has 0 aliphatic heterocycles. The highest BCUT2D eigenvalue weighted by Crippen LogP contribution is 2.26. The first kappa shape index (κ1) is 14.5. The molecule has 5 nitrogen and oxygen atoms in total. The molecule has 1 rings (SSSR count). The van der Waals surface area contributed by atoms with Crippen LogP contribution in [-0.2, 0) is 0 Å². The molecule has 0 saturated heterocycles. The van der Waals surface area contributed by atoms with Gasteiger partial charge >= 0.3 is 0 Å². The van der Waals surface area contributed by atoms with Crippen LogP contribution in [0.2, 0.25) is 0 Å². The summed E-state index contributed by atoms with van der Waals surface area (Å²) in [5.41, 5.74) is -0.760. The normalized spacial score (nSPS) is 14.2. The number of hydrogen-bond donors (Lipinski definition) is 3. The highest BCUT2D eigenvalue weighted by atomic mass is 79.9. The SMILES string of the molecule is CNc1ncnc(NCC(C)(O)CSC)c1Br. The largest absolute Gasteiger partial charge is 0.387 e. The quantitative estimate of drug-likeness (QED) is 0.742. The third-order valence-corrected chi connectivity index (χ3v) is 3.78. The van der Waals surface area contributed by atoms with Crippen molar-refractivity contribution in [2.24, 2.45) is 0 Å². The summed E-state index contributed by atoms with van der Waals surface area (Å²) < 4.78 is 0.766. The Morgan fingerprint density at radius 3 is 2.71 bits per heavy atom. The van der Waals surface area contributed by atoms with E-state index in [-0.39, 0.29) is 0 Å². The van der Waals surface area contributed by atoms with Crippen molar-refractivity contribution >= 4 is 39.3 Å². The molecule has 1 heterocycles. The molecule has 1 aromatic heterocycles. The van der Waals surface area contributed by atoms with Crippen LogP contribution in [0.15, 0.2) is 10.8 Å². The van der Waals surface area contributed by atoms with Crippen molar-refractivity contribution in [2.45, 2.75) is 12.5 Å². The minimum atomic E-state index is -0.760. The van der Waals surface area contributed by atoms with Crippen LogP contribution in [0.3, 0.4) is 0 Å². The molecule has 0 aromatic carbocycles. The molecule has 0 saturated carbocycles. The van der Waals surface area contributed by atoms with E-state index in [2.05, 4.69) is 36.5 Å². The topological polar surface area (TPSA) is 70.1 Å². The standard InChI is InChI=1S/C10H17BrN4OS/c1-10(16,5-17-3)4-13-9-7(11)8(12-2)14-6-15-9/h6,16H,4-5H2,1-3H3,(H2,12,13,14,15). The van der Waals surface area contributed by atoms with Gasteiger partial charge in [-0.2, -0.15) is 11.8 Å². The molecule has 0 aliphatic carbocycles. The molecule has 1 aromatic rings. The fraction of sp³-hybridized carbons (Fsp3) is 0.600. The fourth-order valence-electron chi connectivity index (χ4n) is 1.30. The van der Waals surface area contributed by atoms with Crippen LogP contribution < -0.4 is 10.6 Å². The summed E-state index contributed by atoms with van der Waals surface area (Å²) in [6, 6.07) is 0. The Morgan fingerprint density at radius 2 is 2.12 bits per heavy atom. The molecule has 0 aliphatic rings. The minimum Gasteiger partial charge on any atom is -0.387 e. The van der Waals surface area contributed by atoms with Crippen LogP contribution in [0.4, 0.5) is 11.6 Å². The summed E-state index contributed by atoms with van der Waals surface area (Å²) in [6.07, 6.45) is 3.44. The molecule has 0 amide bonds. The van der Waals surface area contributed by atoms with E-state index in [0.717, 1.165) is 4.47 Å². The van der Waals surface area contributed by atoms with Crippen LogP contribution in [-0.4, -0.2) is 46.3 Å². The third-order valence-electron chi connectivity index (χ3n) is 2.12. The zero-order valence-corrected chi connectivity index (χ0v) is 12.5. The van der Waals surface area contributed by atoms with E-state index in [9.17, 15) is 5.11 Å². The number of rotatable bonds is 6. The molecule has 0 radical (unpaired) electrons. The van der Waals surface area contributed by atoms with Crippen molar-refractivity contribution < 1.29 is 5.11 Å². The van der Waals surface area contributed by atoms with Crippen molar-refractivity contribution in [1.82, 2.24) is 9.97 Å². The summed E-state index contributed by atoms with van der Waals surface area (Å²) >= 11 is 5.02. The van der Waals surface area contributed by atoms with E-state index in [0.29, 0.717) is 23.9 Å². The van der Waals surface area contributed by atoms with E-state index in [4.69, 9.17) is 0 Å². The van der Waals surface area contributed by atoms with Crippen molar-refractivity contribution in [3.63, 3.8) is 0 Å². The van der Waals surface area contributed by atoms with Crippen LogP contribution in [0, 0.1) is 0 Å². The molecule has 1 unspecified atom stereocenters. The van der Waals surface area contributed by atoms with E-state index in [1.165, 1.54) is 6.33 Å². The number of thioether (sulfide) groups is 1. The molecule has 0 bridgehead atoms. The maximum atomic E-state index is 10.0. The molecule has 1 atom stereocenters. The average Bonchev–Trinajstić information content (AvgIpc) is 2.28. The smallest absolute Gasteiger partial charge is 0.146 e. The van der Waals surface area contributed by atoms with Crippen LogP contribution in [0.1, 0.15) is 6.92 Å². The van der Waals surface area contributed by atoms with Crippen LogP contribution >= 0.6 is 27.7 Å². The van der Waals surface area contributed by atoms with Gasteiger partial charge in [0.2, 0.25) is 0 Å². The number of halogens is 1. The van der Waals surface area contributed by atoms with Gasteiger partial charge in [0, 0.05) is 19.3 Å². The Balaban J connectivity index is 2.69. The fourth-order valence-corrected chi connectivity index (χ4v) is 2.57. The lowest BCUT2D eigenvalue weighted by molar-refractivity contribution is 0.0996. The molecular weight excluding hydrogens is 304 g/mol. The number of nitrogens with zero attached hydrogens (tertiary/aromatic N) is 2. The Hall–Kier alpha value is -0.530. The Morgan fingerprint density at radius 1 is 1.47 bits per heavy atom. The van der Waals surface area contributed by atoms with Gasteiger partial charge in [0.1, 0.15) is 22.4 Å². The maximum absolute atomic E-state index is 10.0. The van der Waals surface area contributed by atoms with Gasteiger partial charge in [-0.25, -0.2) is 9.97 Å². The lowest BCUT2D eigenvalue weighted by Crippen LogP contribution is -2.36. The monoisotopic (exact) mass is 320 g/mol. The number of hydrogen-bond acceptors (Lipinski definition) is 6. The molecule has 7 heteroatoms. The van der Waals surface area contributed by atoms with Crippen molar-refractivity contribution in [2.75, 3.05) is 36.2 Å².